The molecular formula is C7H12N4O3. The van der Waals surface area contributed by atoms with E-state index in [0.29, 0.717) is 5.82 Å². The summed E-state index contributed by atoms with van der Waals surface area (Å²) in [5.74, 6) is 0.0423. The highest BCUT2D eigenvalue weighted by molar-refractivity contribution is 5.92. The number of nitrogens with zero attached hydrogens (tertiary/aromatic N) is 2. The van der Waals surface area contributed by atoms with Gasteiger partial charge in [-0.1, -0.05) is 5.16 Å². The number of amides is 1. The molecule has 0 spiro atoms. The number of rotatable bonds is 4. The summed E-state index contributed by atoms with van der Waals surface area (Å²) in [6.07, 6.45) is -0.706. The summed E-state index contributed by atoms with van der Waals surface area (Å²) in [6.45, 7) is 1.74. The predicted octanol–water partition coefficient (Wildman–Crippen LogP) is -0.710. The summed E-state index contributed by atoms with van der Waals surface area (Å²) in [5, 5.41) is 5.89. The Balaban J connectivity index is 2.56. The van der Waals surface area contributed by atoms with Crippen LogP contribution in [0.3, 0.4) is 0 Å². The first-order valence-electron chi connectivity index (χ1n) is 4.01. The average Bonchev–Trinajstić information content (AvgIpc) is 2.53. The highest BCUT2D eigenvalue weighted by atomic mass is 16.5. The van der Waals surface area contributed by atoms with Crippen LogP contribution in [0.25, 0.3) is 0 Å². The first-order valence-corrected chi connectivity index (χ1v) is 4.01. The Morgan fingerprint density at radius 2 is 2.50 bits per heavy atom. The Morgan fingerprint density at radius 1 is 1.79 bits per heavy atom. The van der Waals surface area contributed by atoms with Gasteiger partial charge in [0.1, 0.15) is 6.10 Å². The molecule has 0 aliphatic rings. The van der Waals surface area contributed by atoms with Gasteiger partial charge >= 0.3 is 6.01 Å². The fraction of sp³-hybridized carbons (Fsp3) is 0.571. The predicted molar refractivity (Wildman–Crippen MR) is 47.5 cm³/mol. The van der Waals surface area contributed by atoms with Crippen LogP contribution in [0.2, 0.25) is 0 Å². The molecule has 0 aromatic carbocycles. The number of nitrogens with two attached hydrogens (primary N) is 1. The Kier molecular flexibility index (Phi) is 3.55. The summed E-state index contributed by atoms with van der Waals surface area (Å²) in [6, 6.07) is 0.0444. The molecule has 1 aromatic heterocycles. The van der Waals surface area contributed by atoms with Crippen LogP contribution in [0.15, 0.2) is 4.52 Å². The third-order valence-electron chi connectivity index (χ3n) is 1.55. The van der Waals surface area contributed by atoms with E-state index in [4.69, 9.17) is 10.5 Å². The van der Waals surface area contributed by atoms with Gasteiger partial charge in [-0.15, -0.1) is 0 Å². The number of methoxy groups -OCH3 is 1. The van der Waals surface area contributed by atoms with Gasteiger partial charge in [-0.05, 0) is 6.92 Å². The van der Waals surface area contributed by atoms with Gasteiger partial charge in [-0.3, -0.25) is 10.1 Å². The van der Waals surface area contributed by atoms with E-state index in [0.717, 1.165) is 0 Å². The Morgan fingerprint density at radius 3 is 2.93 bits per heavy atom. The molecule has 0 aliphatic carbocycles. The number of aromatic nitrogens is 2. The lowest BCUT2D eigenvalue weighted by molar-refractivity contribution is -0.125. The van der Waals surface area contributed by atoms with Crippen molar-refractivity contribution < 1.29 is 14.1 Å². The van der Waals surface area contributed by atoms with Gasteiger partial charge in [-0.2, -0.15) is 4.98 Å². The normalized spacial score (nSPS) is 12.5. The van der Waals surface area contributed by atoms with Crippen molar-refractivity contribution in [1.82, 2.24) is 10.1 Å². The maximum absolute atomic E-state index is 11.3. The zero-order valence-corrected chi connectivity index (χ0v) is 7.98. The molecule has 78 valence electrons. The van der Waals surface area contributed by atoms with Gasteiger partial charge < -0.3 is 15.0 Å². The molecule has 7 nitrogen and oxygen atoms in total. The standard InChI is InChI=1S/C7H12N4O3/c1-4-9-7(14-11-4)10-6(12)5(3-8)13-2/h5H,3,8H2,1-2H3,(H,9,10,11,12). The largest absolute Gasteiger partial charge is 0.370 e. The fourth-order valence-corrected chi connectivity index (χ4v) is 0.844. The van der Waals surface area contributed by atoms with Gasteiger partial charge in [0.2, 0.25) is 0 Å². The highest BCUT2D eigenvalue weighted by Crippen LogP contribution is 2.03. The van der Waals surface area contributed by atoms with Crippen molar-refractivity contribution in [2.75, 3.05) is 19.0 Å². The number of ether oxygens (including phenoxy) is 1. The number of aryl methyl sites for hydroxylation is 1. The van der Waals surface area contributed by atoms with Crippen molar-refractivity contribution in [2.45, 2.75) is 13.0 Å². The number of hydrogen-bond donors (Lipinski definition) is 2. The minimum Gasteiger partial charge on any atom is -0.370 e. The minimum absolute atomic E-state index is 0.0444. The zero-order chi connectivity index (χ0) is 10.6. The van der Waals surface area contributed by atoms with Gasteiger partial charge in [0.15, 0.2) is 5.82 Å². The number of carbonyl (C=O) groups excluding carboxylic acids is 1. The number of carbonyl (C=O) groups is 1. The maximum atomic E-state index is 11.3. The molecule has 1 heterocycles. The van der Waals surface area contributed by atoms with E-state index >= 15 is 0 Å². The molecular weight excluding hydrogens is 188 g/mol. The summed E-state index contributed by atoms with van der Waals surface area (Å²) in [7, 11) is 1.40. The van der Waals surface area contributed by atoms with Crippen molar-refractivity contribution in [1.29, 1.82) is 0 Å². The van der Waals surface area contributed by atoms with Crippen LogP contribution in [-0.4, -0.2) is 35.8 Å². The highest BCUT2D eigenvalue weighted by Gasteiger charge is 2.17. The quantitative estimate of drug-likeness (QED) is 0.665. The van der Waals surface area contributed by atoms with E-state index < -0.39 is 12.0 Å². The number of nitrogens with one attached hydrogen (secondary N) is 1. The molecule has 0 saturated heterocycles. The molecule has 1 atom stereocenters. The zero-order valence-electron chi connectivity index (χ0n) is 7.98. The lowest BCUT2D eigenvalue weighted by Crippen LogP contribution is -2.35. The smallest absolute Gasteiger partial charge is 0.328 e. The molecule has 0 fully saturated rings. The van der Waals surface area contributed by atoms with E-state index in [1.807, 2.05) is 0 Å². The summed E-state index contributed by atoms with van der Waals surface area (Å²) in [5.41, 5.74) is 5.29. The van der Waals surface area contributed by atoms with Crippen molar-refractivity contribution >= 4 is 11.9 Å². The Hall–Kier alpha value is -1.47. The second kappa shape index (κ2) is 4.68. The van der Waals surface area contributed by atoms with Crippen LogP contribution in [0, 0.1) is 6.92 Å². The lowest BCUT2D eigenvalue weighted by Gasteiger charge is -2.09. The summed E-state index contributed by atoms with van der Waals surface area (Å²) in [4.78, 5) is 15.1. The molecule has 0 bridgehead atoms. The van der Waals surface area contributed by atoms with E-state index in [-0.39, 0.29) is 12.6 Å². The van der Waals surface area contributed by atoms with Crippen molar-refractivity contribution in [3.8, 4) is 0 Å². The van der Waals surface area contributed by atoms with Gasteiger partial charge in [0.25, 0.3) is 5.91 Å². The number of anilines is 1. The lowest BCUT2D eigenvalue weighted by atomic mass is 10.3. The Bertz CT molecular complexity index is 308. The Labute approximate surface area is 80.6 Å². The molecule has 0 saturated carbocycles. The molecule has 1 aromatic rings. The first-order chi connectivity index (χ1) is 6.67. The summed E-state index contributed by atoms with van der Waals surface area (Å²) >= 11 is 0. The van der Waals surface area contributed by atoms with E-state index in [1.54, 1.807) is 6.92 Å². The van der Waals surface area contributed by atoms with Crippen LogP contribution in [0.4, 0.5) is 6.01 Å². The third-order valence-corrected chi connectivity index (χ3v) is 1.55. The van der Waals surface area contributed by atoms with Crippen molar-refractivity contribution in [3.63, 3.8) is 0 Å². The maximum Gasteiger partial charge on any atom is 0.328 e. The topological polar surface area (TPSA) is 103 Å². The third kappa shape index (κ3) is 2.51. The van der Waals surface area contributed by atoms with Crippen LogP contribution in [0.5, 0.6) is 0 Å². The van der Waals surface area contributed by atoms with Crippen LogP contribution >= 0.6 is 0 Å². The number of hydrogen-bond acceptors (Lipinski definition) is 6. The molecule has 0 radical (unpaired) electrons. The molecule has 14 heavy (non-hydrogen) atoms. The second-order valence-electron chi connectivity index (χ2n) is 2.60. The van der Waals surface area contributed by atoms with E-state index in [2.05, 4.69) is 20.0 Å². The van der Waals surface area contributed by atoms with Crippen LogP contribution in [-0.2, 0) is 9.53 Å². The fourth-order valence-electron chi connectivity index (χ4n) is 0.844. The minimum atomic E-state index is -0.706. The van der Waals surface area contributed by atoms with Crippen molar-refractivity contribution in [3.05, 3.63) is 5.82 Å². The molecule has 7 heteroatoms. The van der Waals surface area contributed by atoms with Gasteiger partial charge in [0.05, 0.1) is 0 Å². The molecule has 0 aliphatic heterocycles. The van der Waals surface area contributed by atoms with Crippen LogP contribution in [0.1, 0.15) is 5.82 Å². The monoisotopic (exact) mass is 200 g/mol. The van der Waals surface area contributed by atoms with Gasteiger partial charge in [-0.25, -0.2) is 0 Å². The summed E-state index contributed by atoms with van der Waals surface area (Å²) < 4.78 is 9.50. The molecule has 1 rings (SSSR count). The first kappa shape index (κ1) is 10.6. The molecule has 3 N–H and O–H groups in total. The molecule has 1 unspecified atom stereocenters. The van der Waals surface area contributed by atoms with Crippen molar-refractivity contribution in [2.24, 2.45) is 5.73 Å². The molecule has 1 amide bonds. The SMILES string of the molecule is COC(CN)C(=O)Nc1nc(C)no1. The van der Waals surface area contributed by atoms with Gasteiger partial charge in [0, 0.05) is 13.7 Å². The van der Waals surface area contributed by atoms with Crippen LogP contribution < -0.4 is 11.1 Å². The average molecular weight is 200 g/mol. The van der Waals surface area contributed by atoms with E-state index in [9.17, 15) is 4.79 Å². The van der Waals surface area contributed by atoms with E-state index in [1.165, 1.54) is 7.11 Å². The second-order valence-corrected chi connectivity index (χ2v) is 2.60.